The van der Waals surface area contributed by atoms with Gasteiger partial charge in [0.15, 0.2) is 10.7 Å². The van der Waals surface area contributed by atoms with Gasteiger partial charge in [0.25, 0.3) is 0 Å². The molecule has 152 valence electrons. The van der Waals surface area contributed by atoms with Gasteiger partial charge in [0.1, 0.15) is 5.82 Å². The van der Waals surface area contributed by atoms with Crippen molar-refractivity contribution in [3.05, 3.63) is 47.4 Å². The minimum atomic E-state index is -0.462. The average molecular weight is 415 g/mol. The summed E-state index contributed by atoms with van der Waals surface area (Å²) in [6.07, 6.45) is 4.38. The second-order valence-corrected chi connectivity index (χ2v) is 8.31. The maximum atomic E-state index is 14.1. The first-order valence-electron chi connectivity index (χ1n) is 9.90. The van der Waals surface area contributed by atoms with Gasteiger partial charge >= 0.3 is 0 Å². The number of carbonyl (C=O) groups excluding carboxylic acids is 1. The molecule has 0 saturated carbocycles. The highest BCUT2D eigenvalue weighted by molar-refractivity contribution is 7.15. The van der Waals surface area contributed by atoms with Crippen molar-refractivity contribution in [2.45, 2.75) is 31.5 Å². The van der Waals surface area contributed by atoms with Crippen LogP contribution >= 0.6 is 11.3 Å². The van der Waals surface area contributed by atoms with Gasteiger partial charge < -0.3 is 14.4 Å². The molecule has 2 saturated heterocycles. The van der Waals surface area contributed by atoms with Gasteiger partial charge in [-0.15, -0.1) is 11.3 Å². The lowest BCUT2D eigenvalue weighted by atomic mass is 10.0. The lowest BCUT2D eigenvalue weighted by molar-refractivity contribution is -0.187. The van der Waals surface area contributed by atoms with Gasteiger partial charge in [-0.1, -0.05) is 12.1 Å². The van der Waals surface area contributed by atoms with Gasteiger partial charge in [0, 0.05) is 55.2 Å². The maximum absolute atomic E-state index is 14.1. The first-order chi connectivity index (χ1) is 14.1. The van der Waals surface area contributed by atoms with Crippen LogP contribution in [0.15, 0.2) is 35.8 Å². The third kappa shape index (κ3) is 3.56. The van der Waals surface area contributed by atoms with Crippen LogP contribution in [0.5, 0.6) is 0 Å². The molecule has 0 atom stereocenters. The molecule has 5 rings (SSSR count). The molecule has 8 heteroatoms. The number of ether oxygens (including phenoxy) is 2. The summed E-state index contributed by atoms with van der Waals surface area (Å²) in [6.45, 7) is 2.62. The average Bonchev–Trinajstić information content (AvgIpc) is 3.44. The predicted octanol–water partition coefficient (Wildman–Crippen LogP) is 3.50. The highest BCUT2D eigenvalue weighted by Crippen LogP contribution is 2.31. The molecule has 0 aliphatic carbocycles. The van der Waals surface area contributed by atoms with E-state index in [9.17, 15) is 9.18 Å². The van der Waals surface area contributed by atoms with Gasteiger partial charge in [0.2, 0.25) is 5.91 Å². The summed E-state index contributed by atoms with van der Waals surface area (Å²) in [5.74, 6) is -0.601. The minimum Gasteiger partial charge on any atom is -0.347 e. The molecule has 0 N–H and O–H groups in total. The quantitative estimate of drug-likeness (QED) is 0.655. The standard InChI is InChI=1S/C21H22FN3O3S/c22-17-4-2-1-3-16(17)18-13-25-15(14-29-20(25)23-18)5-6-19(26)24-9-7-21(8-10-24)27-11-12-28-21/h1-4,13-14H,5-12H2. The van der Waals surface area contributed by atoms with Crippen LogP contribution in [-0.4, -0.2) is 52.3 Å². The molecule has 0 bridgehead atoms. The van der Waals surface area contributed by atoms with E-state index in [4.69, 9.17) is 9.47 Å². The summed E-state index contributed by atoms with van der Waals surface area (Å²) in [5.41, 5.74) is 2.12. The van der Waals surface area contributed by atoms with E-state index < -0.39 is 5.79 Å². The normalized spacial score (nSPS) is 18.7. The predicted molar refractivity (Wildman–Crippen MR) is 107 cm³/mol. The first-order valence-corrected chi connectivity index (χ1v) is 10.8. The molecule has 2 aliphatic heterocycles. The Hall–Kier alpha value is -2.29. The van der Waals surface area contributed by atoms with E-state index in [1.165, 1.54) is 17.4 Å². The second kappa shape index (κ2) is 7.51. The van der Waals surface area contributed by atoms with Gasteiger partial charge in [-0.2, -0.15) is 0 Å². The molecule has 3 aromatic rings. The van der Waals surface area contributed by atoms with Gasteiger partial charge in [0.05, 0.1) is 18.9 Å². The number of imidazole rings is 1. The number of benzene rings is 1. The molecule has 4 heterocycles. The zero-order valence-corrected chi connectivity index (χ0v) is 16.8. The van der Waals surface area contributed by atoms with E-state index >= 15 is 0 Å². The number of hydrogen-bond donors (Lipinski definition) is 0. The van der Waals surface area contributed by atoms with E-state index in [0.29, 0.717) is 50.4 Å². The van der Waals surface area contributed by atoms with E-state index in [2.05, 4.69) is 4.98 Å². The molecular formula is C21H22FN3O3S. The number of aromatic nitrogens is 2. The topological polar surface area (TPSA) is 56.1 Å². The maximum Gasteiger partial charge on any atom is 0.222 e. The summed E-state index contributed by atoms with van der Waals surface area (Å²) in [6, 6.07) is 6.64. The minimum absolute atomic E-state index is 0.145. The Morgan fingerprint density at radius 1 is 1.21 bits per heavy atom. The van der Waals surface area contributed by atoms with Crippen LogP contribution < -0.4 is 0 Å². The van der Waals surface area contributed by atoms with Crippen molar-refractivity contribution < 1.29 is 18.7 Å². The van der Waals surface area contributed by atoms with Gasteiger partial charge in [-0.25, -0.2) is 9.37 Å². The molecule has 1 amide bonds. The molecule has 1 spiro atoms. The van der Waals surface area contributed by atoms with Gasteiger partial charge in [-0.05, 0) is 18.6 Å². The lowest BCUT2D eigenvalue weighted by Crippen LogP contribution is -2.47. The summed E-state index contributed by atoms with van der Waals surface area (Å²) in [7, 11) is 0. The number of piperidine rings is 1. The number of rotatable bonds is 4. The van der Waals surface area contributed by atoms with Crippen molar-refractivity contribution in [1.82, 2.24) is 14.3 Å². The van der Waals surface area contributed by atoms with E-state index in [-0.39, 0.29) is 11.7 Å². The molecule has 2 aromatic heterocycles. The van der Waals surface area contributed by atoms with Crippen molar-refractivity contribution >= 4 is 22.2 Å². The molecule has 0 radical (unpaired) electrons. The van der Waals surface area contributed by atoms with Crippen LogP contribution in [-0.2, 0) is 20.7 Å². The van der Waals surface area contributed by atoms with Crippen LogP contribution in [0.3, 0.4) is 0 Å². The fraction of sp³-hybridized carbons (Fsp3) is 0.429. The van der Waals surface area contributed by atoms with Crippen molar-refractivity contribution in [3.8, 4) is 11.3 Å². The number of hydrogen-bond acceptors (Lipinski definition) is 5. The van der Waals surface area contributed by atoms with Crippen molar-refractivity contribution in [2.24, 2.45) is 0 Å². The smallest absolute Gasteiger partial charge is 0.222 e. The molecule has 29 heavy (non-hydrogen) atoms. The number of halogens is 1. The molecule has 6 nitrogen and oxygen atoms in total. The monoisotopic (exact) mass is 415 g/mol. The molecule has 0 unspecified atom stereocenters. The fourth-order valence-corrected chi connectivity index (χ4v) is 4.99. The van der Waals surface area contributed by atoms with Crippen molar-refractivity contribution in [1.29, 1.82) is 0 Å². The number of thiazole rings is 1. The Kier molecular flexibility index (Phi) is 4.85. The lowest BCUT2D eigenvalue weighted by Gasteiger charge is -2.37. The van der Waals surface area contributed by atoms with E-state index in [0.717, 1.165) is 23.5 Å². The summed E-state index contributed by atoms with van der Waals surface area (Å²) in [4.78, 5) is 19.9. The zero-order chi connectivity index (χ0) is 19.8. The van der Waals surface area contributed by atoms with Crippen LogP contribution in [0.25, 0.3) is 16.2 Å². The Bertz CT molecular complexity index is 1030. The third-order valence-electron chi connectivity index (χ3n) is 5.72. The Labute approximate surface area is 171 Å². The summed E-state index contributed by atoms with van der Waals surface area (Å²) >= 11 is 1.51. The van der Waals surface area contributed by atoms with Crippen LogP contribution in [0.2, 0.25) is 0 Å². The molecule has 2 aliphatic rings. The molecule has 1 aromatic carbocycles. The molecular weight excluding hydrogens is 393 g/mol. The summed E-state index contributed by atoms with van der Waals surface area (Å²) in [5, 5.41) is 2.02. The number of aryl methyl sites for hydroxylation is 1. The van der Waals surface area contributed by atoms with E-state index in [1.54, 1.807) is 18.2 Å². The molecule has 2 fully saturated rings. The number of carbonyl (C=O) groups is 1. The first kappa shape index (κ1) is 18.7. The number of amides is 1. The largest absolute Gasteiger partial charge is 0.347 e. The second-order valence-electron chi connectivity index (χ2n) is 7.47. The van der Waals surface area contributed by atoms with Gasteiger partial charge in [-0.3, -0.25) is 9.20 Å². The number of likely N-dealkylation sites (tertiary alicyclic amines) is 1. The fourth-order valence-electron chi connectivity index (χ4n) is 4.08. The highest BCUT2D eigenvalue weighted by Gasteiger charge is 2.40. The zero-order valence-electron chi connectivity index (χ0n) is 16.0. The van der Waals surface area contributed by atoms with Crippen LogP contribution in [0, 0.1) is 5.82 Å². The van der Waals surface area contributed by atoms with Crippen molar-refractivity contribution in [3.63, 3.8) is 0 Å². The summed E-state index contributed by atoms with van der Waals surface area (Å²) < 4.78 is 27.5. The van der Waals surface area contributed by atoms with E-state index in [1.807, 2.05) is 20.9 Å². The third-order valence-corrected chi connectivity index (χ3v) is 6.61. The number of nitrogens with zero attached hydrogens (tertiary/aromatic N) is 3. The number of fused-ring (bicyclic) bond motifs is 1. The SMILES string of the molecule is O=C(CCc1csc2nc(-c3ccccc3F)cn12)N1CCC2(CC1)OCCO2. The van der Waals surface area contributed by atoms with Crippen LogP contribution in [0.4, 0.5) is 4.39 Å². The Morgan fingerprint density at radius 3 is 2.72 bits per heavy atom. The Balaban J connectivity index is 1.24. The van der Waals surface area contributed by atoms with Crippen molar-refractivity contribution in [2.75, 3.05) is 26.3 Å². The van der Waals surface area contributed by atoms with Crippen LogP contribution in [0.1, 0.15) is 25.0 Å². The Morgan fingerprint density at radius 2 is 1.97 bits per heavy atom. The highest BCUT2D eigenvalue weighted by atomic mass is 32.1.